The molecule has 0 unspecified atom stereocenters. The van der Waals surface area contributed by atoms with Crippen LogP contribution in [0.15, 0.2) is 36.5 Å². The van der Waals surface area contributed by atoms with Gasteiger partial charge in [0, 0.05) is 32.5 Å². The van der Waals surface area contributed by atoms with Crippen LogP contribution >= 0.6 is 0 Å². The van der Waals surface area contributed by atoms with Crippen LogP contribution in [0.3, 0.4) is 0 Å². The number of halogens is 1. The Bertz CT molecular complexity index is 1280. The predicted octanol–water partition coefficient (Wildman–Crippen LogP) is 1.77. The third-order valence-corrected chi connectivity index (χ3v) is 6.08. The van der Waals surface area contributed by atoms with Crippen LogP contribution in [0.1, 0.15) is 28.0 Å². The molecule has 33 heavy (non-hydrogen) atoms. The summed E-state index contributed by atoms with van der Waals surface area (Å²) in [5.41, 5.74) is 1.79. The third kappa shape index (κ3) is 3.61. The van der Waals surface area contributed by atoms with E-state index in [0.29, 0.717) is 42.3 Å². The van der Waals surface area contributed by atoms with Crippen LogP contribution in [-0.2, 0) is 11.3 Å². The summed E-state index contributed by atoms with van der Waals surface area (Å²) in [5, 5.41) is 26.9. The molecule has 1 saturated heterocycles. The molecule has 5 rings (SSSR count). The zero-order chi connectivity index (χ0) is 23.1. The van der Waals surface area contributed by atoms with E-state index in [1.54, 1.807) is 24.1 Å². The van der Waals surface area contributed by atoms with Gasteiger partial charge in [-0.25, -0.2) is 14.1 Å². The monoisotopic (exact) mass is 448 g/mol. The number of pyridine rings is 1. The first-order valence-electron chi connectivity index (χ1n) is 10.5. The molecule has 10 heteroatoms. The highest BCUT2D eigenvalue weighted by Gasteiger charge is 2.30. The minimum atomic E-state index is -0.566. The maximum atomic E-state index is 14.7. The molecule has 168 valence electrons. The van der Waals surface area contributed by atoms with E-state index >= 15 is 0 Å². The largest absolute Gasteiger partial charge is 0.390 e. The van der Waals surface area contributed by atoms with Crippen molar-refractivity contribution in [2.75, 3.05) is 25.1 Å². The van der Waals surface area contributed by atoms with E-state index in [-0.39, 0.29) is 35.4 Å². The van der Waals surface area contributed by atoms with E-state index in [1.165, 1.54) is 18.2 Å². The number of piperidine rings is 1. The number of benzene rings is 1. The first kappa shape index (κ1) is 21.1. The second-order valence-electron chi connectivity index (χ2n) is 8.00. The Kier molecular flexibility index (Phi) is 5.28. The molecule has 4 heterocycles. The molecule has 9 nitrogen and oxygen atoms in total. The minimum Gasteiger partial charge on any atom is -0.390 e. The molecule has 1 aromatic carbocycles. The normalized spacial score (nSPS) is 19.8. The molecule has 0 bridgehead atoms. The summed E-state index contributed by atoms with van der Waals surface area (Å²) in [6.45, 7) is 1.30. The number of nitrogens with one attached hydrogen (secondary N) is 1. The van der Waals surface area contributed by atoms with Crippen molar-refractivity contribution in [2.45, 2.75) is 25.2 Å². The molecule has 0 radical (unpaired) electrons. The van der Waals surface area contributed by atoms with E-state index < -0.39 is 11.9 Å². The summed E-state index contributed by atoms with van der Waals surface area (Å²) in [4.78, 5) is 19.0. The lowest BCUT2D eigenvalue weighted by Gasteiger charge is -2.35. The summed E-state index contributed by atoms with van der Waals surface area (Å²) >= 11 is 0. The predicted molar refractivity (Wildman–Crippen MR) is 116 cm³/mol. The molecule has 3 aromatic rings. The zero-order valence-corrected chi connectivity index (χ0v) is 17.8. The van der Waals surface area contributed by atoms with E-state index in [9.17, 15) is 19.6 Å². The van der Waals surface area contributed by atoms with Gasteiger partial charge in [0.15, 0.2) is 5.82 Å². The van der Waals surface area contributed by atoms with Gasteiger partial charge in [-0.05, 0) is 24.6 Å². The number of amides is 1. The second kappa shape index (κ2) is 8.27. The summed E-state index contributed by atoms with van der Waals surface area (Å²) in [6, 6.07) is 9.67. The quantitative estimate of drug-likeness (QED) is 0.625. The van der Waals surface area contributed by atoms with Gasteiger partial charge in [-0.1, -0.05) is 6.07 Å². The van der Waals surface area contributed by atoms with Gasteiger partial charge in [-0.2, -0.15) is 10.4 Å². The number of carbonyl (C=O) groups is 1. The fraction of sp³-hybridized carbons (Fsp3) is 0.304. The summed E-state index contributed by atoms with van der Waals surface area (Å²) in [7, 11) is 1.56. The number of carbonyl (C=O) groups excluding carboxylic acids is 1. The fourth-order valence-corrected chi connectivity index (χ4v) is 4.36. The van der Waals surface area contributed by atoms with E-state index in [4.69, 9.17) is 4.74 Å². The van der Waals surface area contributed by atoms with Crippen molar-refractivity contribution in [2.24, 2.45) is 0 Å². The highest BCUT2D eigenvalue weighted by Crippen LogP contribution is 2.32. The SMILES string of the molecule is CO[C@H]1CN(c2ccn(-c3cc(-c4c(F)cccc4C#N)nc4c3C(=O)NC4)n2)CC[C@H]1O. The molecule has 0 spiro atoms. The van der Waals surface area contributed by atoms with Crippen molar-refractivity contribution in [1.29, 1.82) is 5.26 Å². The number of ether oxygens (including phenoxy) is 1. The van der Waals surface area contributed by atoms with Crippen LogP contribution in [-0.4, -0.2) is 58.2 Å². The molecule has 2 atom stereocenters. The van der Waals surface area contributed by atoms with Gasteiger partial charge in [-0.15, -0.1) is 0 Å². The van der Waals surface area contributed by atoms with Crippen molar-refractivity contribution in [1.82, 2.24) is 20.1 Å². The Morgan fingerprint density at radius 1 is 1.33 bits per heavy atom. The highest BCUT2D eigenvalue weighted by molar-refractivity contribution is 6.01. The number of fused-ring (bicyclic) bond motifs is 1. The number of aliphatic hydroxyl groups excluding tert-OH is 1. The van der Waals surface area contributed by atoms with Crippen LogP contribution in [0.4, 0.5) is 10.2 Å². The van der Waals surface area contributed by atoms with Gasteiger partial charge in [0.1, 0.15) is 11.9 Å². The van der Waals surface area contributed by atoms with Gasteiger partial charge < -0.3 is 20.1 Å². The zero-order valence-electron chi connectivity index (χ0n) is 17.8. The lowest BCUT2D eigenvalue weighted by Crippen LogP contribution is -2.47. The van der Waals surface area contributed by atoms with Crippen LogP contribution in [0.5, 0.6) is 0 Å². The Balaban J connectivity index is 1.59. The van der Waals surface area contributed by atoms with Gasteiger partial charge in [0.2, 0.25) is 0 Å². The summed E-state index contributed by atoms with van der Waals surface area (Å²) in [5.74, 6) is -0.188. The average Bonchev–Trinajstić information content (AvgIpc) is 3.46. The molecule has 2 aliphatic rings. The van der Waals surface area contributed by atoms with E-state index in [2.05, 4.69) is 15.4 Å². The van der Waals surface area contributed by atoms with E-state index in [1.807, 2.05) is 17.0 Å². The van der Waals surface area contributed by atoms with Crippen molar-refractivity contribution >= 4 is 11.7 Å². The number of nitrogens with zero attached hydrogens (tertiary/aromatic N) is 5. The first-order valence-corrected chi connectivity index (χ1v) is 10.5. The maximum Gasteiger partial charge on any atom is 0.255 e. The number of hydrogen-bond acceptors (Lipinski definition) is 7. The third-order valence-electron chi connectivity index (χ3n) is 6.08. The molecule has 2 N–H and O–H groups in total. The molecular formula is C23H21FN6O3. The van der Waals surface area contributed by atoms with Gasteiger partial charge in [-0.3, -0.25) is 4.79 Å². The standard InChI is InChI=1S/C23H21FN6O3/c1-33-19-12-29(7-5-18(19)31)20-6-8-30(28-20)17-9-15(27-16-11-26-23(32)22(16)17)21-13(10-25)3-2-4-14(21)24/h2-4,6,8-9,18-19,31H,5,7,11-12H2,1H3,(H,26,32)/t18-,19+/m1/s1. The fourth-order valence-electron chi connectivity index (χ4n) is 4.36. The number of hydrogen-bond donors (Lipinski definition) is 2. The van der Waals surface area contributed by atoms with E-state index in [0.717, 1.165) is 0 Å². The Morgan fingerprint density at radius 3 is 2.97 bits per heavy atom. The molecular weight excluding hydrogens is 427 g/mol. The smallest absolute Gasteiger partial charge is 0.255 e. The molecule has 1 fully saturated rings. The van der Waals surface area contributed by atoms with Crippen molar-refractivity contribution in [3.8, 4) is 23.0 Å². The average molecular weight is 448 g/mol. The van der Waals surface area contributed by atoms with Crippen molar-refractivity contribution in [3.05, 3.63) is 59.2 Å². The second-order valence-corrected chi connectivity index (χ2v) is 8.00. The van der Waals surface area contributed by atoms with Crippen molar-refractivity contribution in [3.63, 3.8) is 0 Å². The van der Waals surface area contributed by atoms with Crippen molar-refractivity contribution < 1.29 is 19.0 Å². The van der Waals surface area contributed by atoms with Crippen LogP contribution in [0.2, 0.25) is 0 Å². The molecule has 1 amide bonds. The molecule has 2 aliphatic heterocycles. The van der Waals surface area contributed by atoms with Gasteiger partial charge in [0.25, 0.3) is 5.91 Å². The number of anilines is 1. The number of aromatic nitrogens is 3. The Hall–Kier alpha value is -3.81. The number of rotatable bonds is 4. The first-order chi connectivity index (χ1) is 16.0. The Labute approximate surface area is 189 Å². The van der Waals surface area contributed by atoms with Crippen LogP contribution < -0.4 is 10.2 Å². The number of methoxy groups -OCH3 is 1. The lowest BCUT2D eigenvalue weighted by atomic mass is 10.0. The van der Waals surface area contributed by atoms with Gasteiger partial charge in [0.05, 0.1) is 52.5 Å². The molecule has 2 aromatic heterocycles. The topological polar surface area (TPSA) is 116 Å². The van der Waals surface area contributed by atoms with Crippen LogP contribution in [0.25, 0.3) is 16.9 Å². The lowest BCUT2D eigenvalue weighted by molar-refractivity contribution is -0.0207. The number of aliphatic hydroxyl groups is 1. The van der Waals surface area contributed by atoms with Crippen LogP contribution in [0, 0.1) is 17.1 Å². The summed E-state index contributed by atoms with van der Waals surface area (Å²) in [6.07, 6.45) is 1.42. The minimum absolute atomic E-state index is 0.0868. The molecule has 0 aliphatic carbocycles. The number of nitriles is 1. The summed E-state index contributed by atoms with van der Waals surface area (Å²) < 4.78 is 21.6. The van der Waals surface area contributed by atoms with Gasteiger partial charge >= 0.3 is 0 Å². The molecule has 0 saturated carbocycles. The highest BCUT2D eigenvalue weighted by atomic mass is 19.1. The Morgan fingerprint density at radius 2 is 2.18 bits per heavy atom. The maximum absolute atomic E-state index is 14.7.